The lowest BCUT2D eigenvalue weighted by atomic mass is 9.93. The molecule has 5 heterocycles. The van der Waals surface area contributed by atoms with Gasteiger partial charge in [0.15, 0.2) is 0 Å². The zero-order valence-electron chi connectivity index (χ0n) is 24.9. The molecular formula is C34H35ClN4O5. The number of fused-ring (bicyclic) bond motifs is 2. The molecule has 5 aromatic rings. The van der Waals surface area contributed by atoms with Gasteiger partial charge >= 0.3 is 5.97 Å². The Morgan fingerprint density at radius 3 is 2.68 bits per heavy atom. The molecule has 0 amide bonds. The molecule has 3 aromatic heterocycles. The summed E-state index contributed by atoms with van der Waals surface area (Å²) < 4.78 is 24.9. The summed E-state index contributed by atoms with van der Waals surface area (Å²) in [5.41, 5.74) is 5.10. The van der Waals surface area contributed by atoms with Gasteiger partial charge in [0.1, 0.15) is 23.8 Å². The van der Waals surface area contributed by atoms with Crippen LogP contribution in [0.1, 0.15) is 58.4 Å². The van der Waals surface area contributed by atoms with Crippen molar-refractivity contribution in [2.24, 2.45) is 0 Å². The lowest BCUT2D eigenvalue weighted by molar-refractivity contribution is -0.0592. The largest absolute Gasteiger partial charge is 0.473 e. The Hall–Kier alpha value is -3.92. The summed E-state index contributed by atoms with van der Waals surface area (Å²) in [6, 6.07) is 17.4. The molecule has 0 spiro atoms. The van der Waals surface area contributed by atoms with Gasteiger partial charge in [-0.2, -0.15) is 0 Å². The molecule has 7 rings (SSSR count). The molecule has 0 N–H and O–H groups in total. The Bertz CT molecular complexity index is 1820. The van der Waals surface area contributed by atoms with Gasteiger partial charge in [-0.15, -0.1) is 0 Å². The van der Waals surface area contributed by atoms with Crippen LogP contribution in [-0.4, -0.2) is 58.3 Å². The lowest BCUT2D eigenvalue weighted by Gasteiger charge is -2.32. The fraction of sp³-hybridized carbons (Fsp3) is 0.382. The van der Waals surface area contributed by atoms with Gasteiger partial charge in [-0.25, -0.2) is 14.8 Å². The summed E-state index contributed by atoms with van der Waals surface area (Å²) in [6.45, 7) is 6.40. The van der Waals surface area contributed by atoms with Gasteiger partial charge in [0, 0.05) is 35.2 Å². The molecule has 2 aromatic carbocycles. The van der Waals surface area contributed by atoms with Crippen LogP contribution in [0.5, 0.6) is 5.88 Å². The quantitative estimate of drug-likeness (QED) is 0.170. The average molecular weight is 615 g/mol. The summed E-state index contributed by atoms with van der Waals surface area (Å²) in [5.74, 6) is 2.43. The van der Waals surface area contributed by atoms with Crippen LogP contribution in [0.25, 0.3) is 22.0 Å². The van der Waals surface area contributed by atoms with Crippen LogP contribution in [0, 0.1) is 6.92 Å². The number of carbonyl (C=O) groups excluding carboxylic acids is 1. The molecule has 44 heavy (non-hydrogen) atoms. The molecule has 2 saturated heterocycles. The fourth-order valence-electron chi connectivity index (χ4n) is 6.23. The van der Waals surface area contributed by atoms with Crippen molar-refractivity contribution >= 4 is 39.6 Å². The Morgan fingerprint density at radius 1 is 1.07 bits per heavy atom. The number of nitrogens with zero attached hydrogens (tertiary/aromatic N) is 4. The van der Waals surface area contributed by atoms with Crippen molar-refractivity contribution in [1.82, 2.24) is 19.4 Å². The van der Waals surface area contributed by atoms with E-state index in [-0.39, 0.29) is 12.1 Å². The van der Waals surface area contributed by atoms with Crippen molar-refractivity contribution in [3.05, 3.63) is 88.0 Å². The van der Waals surface area contributed by atoms with Crippen molar-refractivity contribution in [2.45, 2.75) is 57.9 Å². The molecule has 2 aliphatic rings. The second-order valence-electron chi connectivity index (χ2n) is 11.7. The number of carbonyl (C=O) groups is 1. The SMILES string of the molecule is COC(=O)c1ccc2nc(CN3CCC(c4cccc(OCc5ccc(Cl)c6cc(C)oc56)n4)CC3)n(C[C@@H]3CCO3)c2c1. The summed E-state index contributed by atoms with van der Waals surface area (Å²) >= 11 is 6.36. The average Bonchev–Trinajstić information content (AvgIpc) is 3.58. The molecule has 2 aliphatic heterocycles. The third kappa shape index (κ3) is 5.79. The molecule has 1 atom stereocenters. The fourth-order valence-corrected chi connectivity index (χ4v) is 6.44. The summed E-state index contributed by atoms with van der Waals surface area (Å²) in [7, 11) is 1.40. The lowest BCUT2D eigenvalue weighted by Crippen LogP contribution is -2.35. The highest BCUT2D eigenvalue weighted by Crippen LogP contribution is 2.32. The summed E-state index contributed by atoms with van der Waals surface area (Å²) in [5, 5.41) is 1.57. The highest BCUT2D eigenvalue weighted by atomic mass is 35.5. The Balaban J connectivity index is 1.01. The smallest absolute Gasteiger partial charge is 0.337 e. The Kier molecular flexibility index (Phi) is 8.01. The monoisotopic (exact) mass is 614 g/mol. The number of imidazole rings is 1. The minimum absolute atomic E-state index is 0.174. The maximum atomic E-state index is 12.2. The minimum Gasteiger partial charge on any atom is -0.473 e. The molecule has 9 nitrogen and oxygen atoms in total. The maximum absolute atomic E-state index is 12.2. The number of hydrogen-bond donors (Lipinski definition) is 0. The van der Waals surface area contributed by atoms with E-state index in [2.05, 4.69) is 15.5 Å². The summed E-state index contributed by atoms with van der Waals surface area (Å²) in [6.07, 6.45) is 3.20. The van der Waals surface area contributed by atoms with Gasteiger partial charge in [-0.1, -0.05) is 23.7 Å². The van der Waals surface area contributed by atoms with E-state index < -0.39 is 0 Å². The van der Waals surface area contributed by atoms with Gasteiger partial charge in [0.2, 0.25) is 5.88 Å². The van der Waals surface area contributed by atoms with E-state index in [1.807, 2.05) is 49.4 Å². The van der Waals surface area contributed by atoms with Crippen molar-refractivity contribution in [3.63, 3.8) is 0 Å². The maximum Gasteiger partial charge on any atom is 0.337 e. The molecule has 0 bridgehead atoms. The zero-order chi connectivity index (χ0) is 30.2. The van der Waals surface area contributed by atoms with Crippen LogP contribution in [0.15, 0.2) is 59.0 Å². The summed E-state index contributed by atoms with van der Waals surface area (Å²) in [4.78, 5) is 24.5. The molecule has 0 unspecified atom stereocenters. The molecule has 0 saturated carbocycles. The second-order valence-corrected chi connectivity index (χ2v) is 12.1. The number of esters is 1. The standard InChI is InChI=1S/C34H35ClN4O5/c1-21-16-26-27(35)8-6-24(33(26)44-21)20-43-32-5-3-4-28(37-32)22-10-13-38(14-11-22)19-31-36-29-9-7-23(34(40)41-2)17-30(29)39(31)18-25-12-15-42-25/h3-9,16-17,22,25H,10-15,18-20H2,1-2H3/t25-/m0/s1. The molecular weight excluding hydrogens is 580 g/mol. The first-order valence-electron chi connectivity index (χ1n) is 15.1. The highest BCUT2D eigenvalue weighted by molar-refractivity contribution is 6.35. The molecule has 2 fully saturated rings. The Labute approximate surface area is 260 Å². The van der Waals surface area contributed by atoms with Crippen LogP contribution in [0.3, 0.4) is 0 Å². The van der Waals surface area contributed by atoms with E-state index in [9.17, 15) is 4.79 Å². The number of furan rings is 1. The number of hydrogen-bond acceptors (Lipinski definition) is 8. The number of rotatable bonds is 9. The number of piperidine rings is 1. The molecule has 10 heteroatoms. The van der Waals surface area contributed by atoms with E-state index in [1.54, 1.807) is 6.07 Å². The van der Waals surface area contributed by atoms with Gasteiger partial charge in [-0.05, 0) is 75.7 Å². The first-order chi connectivity index (χ1) is 21.4. The molecule has 0 aliphatic carbocycles. The predicted octanol–water partition coefficient (Wildman–Crippen LogP) is 6.67. The highest BCUT2D eigenvalue weighted by Gasteiger charge is 2.26. The van der Waals surface area contributed by atoms with Crippen molar-refractivity contribution < 1.29 is 23.4 Å². The first kappa shape index (κ1) is 28.8. The normalized spacial score (nSPS) is 17.7. The number of methoxy groups -OCH3 is 1. The number of likely N-dealkylation sites (tertiary alicyclic amines) is 1. The Morgan fingerprint density at radius 2 is 1.91 bits per heavy atom. The number of ether oxygens (including phenoxy) is 3. The van der Waals surface area contributed by atoms with E-state index in [1.165, 1.54) is 7.11 Å². The van der Waals surface area contributed by atoms with Gasteiger partial charge in [0.05, 0.1) is 47.9 Å². The van der Waals surface area contributed by atoms with Crippen LogP contribution < -0.4 is 4.74 Å². The van der Waals surface area contributed by atoms with E-state index in [0.29, 0.717) is 29.0 Å². The van der Waals surface area contributed by atoms with Crippen molar-refractivity contribution in [2.75, 3.05) is 26.8 Å². The van der Waals surface area contributed by atoms with Gasteiger partial charge in [0.25, 0.3) is 0 Å². The molecule has 0 radical (unpaired) electrons. The van der Waals surface area contributed by atoms with Crippen LogP contribution in [-0.2, 0) is 29.2 Å². The van der Waals surface area contributed by atoms with Crippen molar-refractivity contribution in [3.8, 4) is 5.88 Å². The van der Waals surface area contributed by atoms with E-state index >= 15 is 0 Å². The number of aromatic nitrogens is 3. The zero-order valence-corrected chi connectivity index (χ0v) is 25.7. The van der Waals surface area contributed by atoms with Crippen LogP contribution >= 0.6 is 11.6 Å². The number of halogens is 1. The third-order valence-electron chi connectivity index (χ3n) is 8.75. The second kappa shape index (κ2) is 12.2. The molecule has 228 valence electrons. The van der Waals surface area contributed by atoms with Crippen LogP contribution in [0.4, 0.5) is 0 Å². The topological polar surface area (TPSA) is 91.9 Å². The minimum atomic E-state index is -0.346. The van der Waals surface area contributed by atoms with Crippen molar-refractivity contribution in [1.29, 1.82) is 0 Å². The number of benzene rings is 2. The number of aryl methyl sites for hydroxylation is 1. The van der Waals surface area contributed by atoms with E-state index in [0.717, 1.165) is 96.9 Å². The first-order valence-corrected chi connectivity index (χ1v) is 15.5. The van der Waals surface area contributed by atoms with Gasteiger partial charge in [-0.3, -0.25) is 4.90 Å². The van der Waals surface area contributed by atoms with E-state index in [4.69, 9.17) is 40.2 Å². The third-order valence-corrected chi connectivity index (χ3v) is 9.08. The van der Waals surface area contributed by atoms with Crippen LogP contribution in [0.2, 0.25) is 5.02 Å². The predicted molar refractivity (Wildman–Crippen MR) is 167 cm³/mol. The van der Waals surface area contributed by atoms with Gasteiger partial charge < -0.3 is 23.2 Å². The number of pyridine rings is 1.